The van der Waals surface area contributed by atoms with Crippen LogP contribution in [0.15, 0.2) is 27.8 Å². The second kappa shape index (κ2) is 3.57. The summed E-state index contributed by atoms with van der Waals surface area (Å²) in [6.45, 7) is 0. The zero-order valence-corrected chi connectivity index (χ0v) is 8.40. The standard InChI is InChI=1S/C9H11NO3S/c11-14(12)5-3-8(7-14)10-6-9-2-1-4-13-9/h1-2,4,6,8H,3,5,7H2/t8-/m1/s1. The molecule has 0 spiro atoms. The number of rotatable bonds is 2. The van der Waals surface area contributed by atoms with E-state index in [1.165, 1.54) is 0 Å². The maximum atomic E-state index is 11.1. The van der Waals surface area contributed by atoms with Crippen molar-refractivity contribution in [3.05, 3.63) is 24.2 Å². The summed E-state index contributed by atoms with van der Waals surface area (Å²) in [4.78, 5) is 4.16. The number of sulfone groups is 1. The van der Waals surface area contributed by atoms with Crippen LogP contribution in [0.25, 0.3) is 0 Å². The van der Waals surface area contributed by atoms with Crippen LogP contribution in [-0.2, 0) is 9.84 Å². The lowest BCUT2D eigenvalue weighted by Gasteiger charge is -1.96. The average molecular weight is 213 g/mol. The number of nitrogens with zero attached hydrogens (tertiary/aromatic N) is 1. The molecular formula is C9H11NO3S. The minimum atomic E-state index is -2.83. The Hall–Kier alpha value is -1.10. The molecule has 0 amide bonds. The van der Waals surface area contributed by atoms with Crippen molar-refractivity contribution in [3.8, 4) is 0 Å². The molecule has 0 bridgehead atoms. The van der Waals surface area contributed by atoms with Crippen molar-refractivity contribution < 1.29 is 12.8 Å². The Morgan fingerprint density at radius 3 is 3.00 bits per heavy atom. The number of aliphatic imine (C=N–C) groups is 1. The Morgan fingerprint density at radius 2 is 2.43 bits per heavy atom. The first-order valence-corrected chi connectivity index (χ1v) is 6.25. The summed E-state index contributed by atoms with van der Waals surface area (Å²) in [5.41, 5.74) is 0. The van der Waals surface area contributed by atoms with Crippen molar-refractivity contribution in [1.29, 1.82) is 0 Å². The van der Waals surface area contributed by atoms with E-state index >= 15 is 0 Å². The van der Waals surface area contributed by atoms with Gasteiger partial charge in [-0.3, -0.25) is 4.99 Å². The fourth-order valence-corrected chi connectivity index (χ4v) is 3.07. The molecule has 0 radical (unpaired) electrons. The van der Waals surface area contributed by atoms with Crippen molar-refractivity contribution in [2.45, 2.75) is 12.5 Å². The lowest BCUT2D eigenvalue weighted by Crippen LogP contribution is -2.07. The summed E-state index contributed by atoms with van der Waals surface area (Å²) < 4.78 is 27.3. The first-order chi connectivity index (χ1) is 6.66. The molecule has 1 aliphatic heterocycles. The monoisotopic (exact) mass is 213 g/mol. The molecule has 1 aliphatic rings. The molecule has 14 heavy (non-hydrogen) atoms. The Kier molecular flexibility index (Phi) is 2.41. The molecule has 2 heterocycles. The molecule has 1 fully saturated rings. The van der Waals surface area contributed by atoms with Gasteiger partial charge < -0.3 is 4.42 Å². The van der Waals surface area contributed by atoms with Gasteiger partial charge in [0.1, 0.15) is 5.76 Å². The SMILES string of the molecule is O=S1(=O)CC[C@@H](N=Cc2ccco2)C1. The molecule has 1 atom stereocenters. The van der Waals surface area contributed by atoms with E-state index in [2.05, 4.69) is 4.99 Å². The van der Waals surface area contributed by atoms with Crippen LogP contribution in [0.4, 0.5) is 0 Å². The minimum absolute atomic E-state index is 0.0925. The van der Waals surface area contributed by atoms with E-state index in [0.717, 1.165) is 0 Å². The van der Waals surface area contributed by atoms with E-state index in [1.807, 2.05) is 0 Å². The number of furan rings is 1. The summed E-state index contributed by atoms with van der Waals surface area (Å²) in [5.74, 6) is 1.09. The van der Waals surface area contributed by atoms with Gasteiger partial charge in [-0.2, -0.15) is 0 Å². The molecule has 0 aliphatic carbocycles. The van der Waals surface area contributed by atoms with Gasteiger partial charge in [0.15, 0.2) is 9.84 Å². The maximum absolute atomic E-state index is 11.1. The summed E-state index contributed by atoms with van der Waals surface area (Å²) in [6, 6.07) is 3.46. The molecule has 0 N–H and O–H groups in total. The van der Waals surface area contributed by atoms with E-state index < -0.39 is 9.84 Å². The molecule has 76 valence electrons. The molecule has 5 heteroatoms. The highest BCUT2D eigenvalue weighted by Crippen LogP contribution is 2.14. The molecular weight excluding hydrogens is 202 g/mol. The molecule has 0 aromatic carbocycles. The van der Waals surface area contributed by atoms with Gasteiger partial charge in [-0.1, -0.05) is 0 Å². The van der Waals surface area contributed by atoms with E-state index in [-0.39, 0.29) is 17.5 Å². The summed E-state index contributed by atoms with van der Waals surface area (Å²) in [7, 11) is -2.83. The van der Waals surface area contributed by atoms with Crippen molar-refractivity contribution in [1.82, 2.24) is 0 Å². The zero-order valence-electron chi connectivity index (χ0n) is 7.59. The van der Waals surface area contributed by atoms with Gasteiger partial charge in [-0.25, -0.2) is 8.42 Å². The normalized spacial score (nSPS) is 25.9. The van der Waals surface area contributed by atoms with Gasteiger partial charge in [0.2, 0.25) is 0 Å². The molecule has 2 rings (SSSR count). The van der Waals surface area contributed by atoms with E-state index in [4.69, 9.17) is 4.42 Å². The van der Waals surface area contributed by atoms with Crippen molar-refractivity contribution in [3.63, 3.8) is 0 Å². The van der Waals surface area contributed by atoms with Crippen LogP contribution in [0.2, 0.25) is 0 Å². The van der Waals surface area contributed by atoms with Gasteiger partial charge >= 0.3 is 0 Å². The second-order valence-corrected chi connectivity index (χ2v) is 5.58. The molecule has 0 unspecified atom stereocenters. The van der Waals surface area contributed by atoms with Crippen LogP contribution in [0, 0.1) is 0 Å². The highest BCUT2D eigenvalue weighted by Gasteiger charge is 2.26. The van der Waals surface area contributed by atoms with Crippen LogP contribution < -0.4 is 0 Å². The third-order valence-corrected chi connectivity index (χ3v) is 3.91. The third kappa shape index (κ3) is 2.23. The van der Waals surface area contributed by atoms with Gasteiger partial charge in [0.25, 0.3) is 0 Å². The third-order valence-electron chi connectivity index (χ3n) is 2.16. The lowest BCUT2D eigenvalue weighted by atomic mass is 10.3. The highest BCUT2D eigenvalue weighted by atomic mass is 32.2. The fourth-order valence-electron chi connectivity index (χ4n) is 1.44. The van der Waals surface area contributed by atoms with Crippen molar-refractivity contribution >= 4 is 16.1 Å². The van der Waals surface area contributed by atoms with E-state index in [1.54, 1.807) is 24.6 Å². The Balaban J connectivity index is 2.00. The maximum Gasteiger partial charge on any atom is 0.152 e. The first kappa shape index (κ1) is 9.45. The minimum Gasteiger partial charge on any atom is -0.463 e. The highest BCUT2D eigenvalue weighted by molar-refractivity contribution is 7.91. The van der Waals surface area contributed by atoms with E-state index in [0.29, 0.717) is 12.2 Å². The van der Waals surface area contributed by atoms with Crippen LogP contribution >= 0.6 is 0 Å². The van der Waals surface area contributed by atoms with Crippen LogP contribution in [0.5, 0.6) is 0 Å². The topological polar surface area (TPSA) is 59.6 Å². The molecule has 4 nitrogen and oxygen atoms in total. The smallest absolute Gasteiger partial charge is 0.152 e. The molecule has 0 saturated carbocycles. The van der Waals surface area contributed by atoms with Gasteiger partial charge in [-0.15, -0.1) is 0 Å². The van der Waals surface area contributed by atoms with Crippen LogP contribution in [0.1, 0.15) is 12.2 Å². The number of hydrogen-bond acceptors (Lipinski definition) is 4. The Bertz CT molecular complexity index is 419. The Labute approximate surface area is 82.6 Å². The predicted molar refractivity (Wildman–Crippen MR) is 53.4 cm³/mol. The van der Waals surface area contributed by atoms with Gasteiger partial charge in [-0.05, 0) is 18.6 Å². The molecule has 1 saturated heterocycles. The van der Waals surface area contributed by atoms with Crippen LogP contribution in [-0.4, -0.2) is 32.2 Å². The van der Waals surface area contributed by atoms with Gasteiger partial charge in [0, 0.05) is 0 Å². The quantitative estimate of drug-likeness (QED) is 0.685. The van der Waals surface area contributed by atoms with Crippen LogP contribution in [0.3, 0.4) is 0 Å². The number of hydrogen-bond donors (Lipinski definition) is 0. The lowest BCUT2D eigenvalue weighted by molar-refractivity contribution is 0.559. The van der Waals surface area contributed by atoms with Crippen molar-refractivity contribution in [2.24, 2.45) is 4.99 Å². The first-order valence-electron chi connectivity index (χ1n) is 4.43. The average Bonchev–Trinajstić information content (AvgIpc) is 2.70. The fraction of sp³-hybridized carbons (Fsp3) is 0.444. The Morgan fingerprint density at radius 1 is 1.57 bits per heavy atom. The molecule has 1 aromatic heterocycles. The zero-order chi connectivity index (χ0) is 10.0. The van der Waals surface area contributed by atoms with Gasteiger partial charge in [0.05, 0.1) is 30.0 Å². The largest absolute Gasteiger partial charge is 0.463 e. The summed E-state index contributed by atoms with van der Waals surface area (Å²) in [6.07, 6.45) is 3.78. The van der Waals surface area contributed by atoms with E-state index in [9.17, 15) is 8.42 Å². The second-order valence-electron chi connectivity index (χ2n) is 3.35. The summed E-state index contributed by atoms with van der Waals surface area (Å²) >= 11 is 0. The summed E-state index contributed by atoms with van der Waals surface area (Å²) in [5, 5.41) is 0. The predicted octanol–water partition coefficient (Wildman–Crippen LogP) is 0.886. The van der Waals surface area contributed by atoms with Crippen molar-refractivity contribution in [2.75, 3.05) is 11.5 Å². The molecule has 1 aromatic rings.